The lowest BCUT2D eigenvalue weighted by atomic mass is 10.1. The van der Waals surface area contributed by atoms with Gasteiger partial charge in [-0.3, -0.25) is 13.9 Å². The summed E-state index contributed by atoms with van der Waals surface area (Å²) in [6.07, 6.45) is 1.41. The summed E-state index contributed by atoms with van der Waals surface area (Å²) in [6.45, 7) is 1.88. The fourth-order valence-electron chi connectivity index (χ4n) is 3.24. The van der Waals surface area contributed by atoms with Gasteiger partial charge in [-0.15, -0.1) is 0 Å². The van der Waals surface area contributed by atoms with E-state index in [1.54, 1.807) is 49.4 Å². The number of nitrogens with one attached hydrogen (secondary N) is 1. The number of benzene rings is 2. The van der Waals surface area contributed by atoms with E-state index >= 15 is 0 Å². The highest BCUT2D eigenvalue weighted by Gasteiger charge is 2.26. The van der Waals surface area contributed by atoms with Gasteiger partial charge in [-0.2, -0.15) is 0 Å². The summed E-state index contributed by atoms with van der Waals surface area (Å²) in [7, 11) is -2.07. The lowest BCUT2D eigenvalue weighted by molar-refractivity contribution is -0.140. The first-order valence-electron chi connectivity index (χ1n) is 10.1. The average Bonchev–Trinajstić information content (AvgIpc) is 2.76. The van der Waals surface area contributed by atoms with Crippen LogP contribution in [0.4, 0.5) is 5.69 Å². The third-order valence-corrected chi connectivity index (χ3v) is 7.20. The number of nitrogens with zero attached hydrogens (tertiary/aromatic N) is 2. The Morgan fingerprint density at radius 3 is 2.21 bits per heavy atom. The van der Waals surface area contributed by atoms with E-state index in [1.807, 2.05) is 0 Å². The lowest BCUT2D eigenvalue weighted by Crippen LogP contribution is -2.46. The number of hydrogen-bond donors (Lipinski definition) is 1. The molecular weight excluding hydrogens is 509 g/mol. The van der Waals surface area contributed by atoms with E-state index < -0.39 is 16.1 Å². The van der Waals surface area contributed by atoms with Crippen molar-refractivity contribution in [3.63, 3.8) is 0 Å². The van der Waals surface area contributed by atoms with Gasteiger partial charge in [0.25, 0.3) is 0 Å². The van der Waals surface area contributed by atoms with Crippen LogP contribution < -0.4 is 9.62 Å². The van der Waals surface area contributed by atoms with Crippen LogP contribution in [0, 0.1) is 0 Å². The standard InChI is InChI=1S/C22H26Cl3N3O4S/c1-15(22(30)26-2)27(14-16-6-11-19(24)20(25)13-16)21(29)5-4-12-28(33(3,31)32)18-9-7-17(23)8-10-18/h6-11,13,15H,4-5,12,14H2,1-3H3,(H,26,30). The van der Waals surface area contributed by atoms with Gasteiger partial charge in [0.15, 0.2) is 0 Å². The number of halogens is 3. The van der Waals surface area contributed by atoms with Crippen LogP contribution in [0.1, 0.15) is 25.3 Å². The summed E-state index contributed by atoms with van der Waals surface area (Å²) < 4.78 is 25.8. The molecule has 0 saturated carbocycles. The molecule has 0 spiro atoms. The summed E-state index contributed by atoms with van der Waals surface area (Å²) in [5, 5.41) is 3.78. The fraction of sp³-hybridized carbons (Fsp3) is 0.364. The van der Waals surface area contributed by atoms with E-state index in [4.69, 9.17) is 34.8 Å². The largest absolute Gasteiger partial charge is 0.357 e. The molecule has 7 nitrogen and oxygen atoms in total. The normalized spacial score (nSPS) is 12.2. The van der Waals surface area contributed by atoms with Gasteiger partial charge in [-0.25, -0.2) is 8.42 Å². The van der Waals surface area contributed by atoms with E-state index in [-0.39, 0.29) is 37.7 Å². The molecule has 0 aliphatic rings. The fourth-order valence-corrected chi connectivity index (χ4v) is 4.65. The number of amides is 2. The molecular formula is C22H26Cl3N3O4S. The van der Waals surface area contributed by atoms with Gasteiger partial charge in [0.1, 0.15) is 6.04 Å². The molecule has 0 fully saturated rings. The molecule has 0 radical (unpaired) electrons. The SMILES string of the molecule is CNC(=O)C(C)N(Cc1ccc(Cl)c(Cl)c1)C(=O)CCCN(c1ccc(Cl)cc1)S(C)(=O)=O. The number of anilines is 1. The summed E-state index contributed by atoms with van der Waals surface area (Å²) in [4.78, 5) is 26.8. The van der Waals surface area contributed by atoms with Crippen molar-refractivity contribution < 1.29 is 18.0 Å². The van der Waals surface area contributed by atoms with E-state index in [2.05, 4.69) is 5.32 Å². The Balaban J connectivity index is 2.15. The van der Waals surface area contributed by atoms with Crippen LogP contribution in [0.25, 0.3) is 0 Å². The minimum Gasteiger partial charge on any atom is -0.357 e. The number of rotatable bonds is 10. The van der Waals surface area contributed by atoms with Crippen molar-refractivity contribution in [1.29, 1.82) is 0 Å². The first kappa shape index (κ1) is 27.2. The van der Waals surface area contributed by atoms with Gasteiger partial charge in [0.2, 0.25) is 21.8 Å². The Morgan fingerprint density at radius 2 is 1.67 bits per heavy atom. The summed E-state index contributed by atoms with van der Waals surface area (Å²) in [5.41, 5.74) is 1.17. The van der Waals surface area contributed by atoms with Crippen LogP contribution in [0.5, 0.6) is 0 Å². The third kappa shape index (κ3) is 7.78. The molecule has 11 heteroatoms. The molecule has 33 heavy (non-hydrogen) atoms. The van der Waals surface area contributed by atoms with Crippen molar-refractivity contribution in [1.82, 2.24) is 10.2 Å². The highest BCUT2D eigenvalue weighted by Crippen LogP contribution is 2.24. The zero-order valence-electron chi connectivity index (χ0n) is 18.5. The number of carbonyl (C=O) groups excluding carboxylic acids is 2. The van der Waals surface area contributed by atoms with E-state index in [9.17, 15) is 18.0 Å². The number of carbonyl (C=O) groups is 2. The van der Waals surface area contributed by atoms with Gasteiger partial charge in [-0.1, -0.05) is 40.9 Å². The molecule has 2 aromatic carbocycles. The van der Waals surface area contributed by atoms with Crippen LogP contribution in [0.15, 0.2) is 42.5 Å². The highest BCUT2D eigenvalue weighted by atomic mass is 35.5. The maximum atomic E-state index is 13.1. The molecule has 2 rings (SSSR count). The average molecular weight is 535 g/mol. The third-order valence-electron chi connectivity index (χ3n) is 5.02. The molecule has 1 unspecified atom stereocenters. The quantitative estimate of drug-likeness (QED) is 0.491. The Hall–Kier alpha value is -2.00. The molecule has 0 heterocycles. The number of sulfonamides is 1. The van der Waals surface area contributed by atoms with Crippen molar-refractivity contribution in [2.75, 3.05) is 24.2 Å². The zero-order chi connectivity index (χ0) is 24.8. The van der Waals surface area contributed by atoms with Crippen molar-refractivity contribution >= 4 is 62.3 Å². The minimum absolute atomic E-state index is 0.0439. The van der Waals surface area contributed by atoms with E-state index in [0.717, 1.165) is 6.26 Å². The van der Waals surface area contributed by atoms with Crippen molar-refractivity contribution in [2.24, 2.45) is 0 Å². The molecule has 0 bridgehead atoms. The van der Waals surface area contributed by atoms with Gasteiger partial charge in [0, 0.05) is 31.6 Å². The summed E-state index contributed by atoms with van der Waals surface area (Å²) >= 11 is 18.0. The van der Waals surface area contributed by atoms with Crippen LogP contribution in [-0.4, -0.2) is 51.0 Å². The maximum Gasteiger partial charge on any atom is 0.242 e. The van der Waals surface area contributed by atoms with Crippen LogP contribution in [0.3, 0.4) is 0 Å². The second-order valence-corrected chi connectivity index (χ2v) is 10.6. The second kappa shape index (κ2) is 11.9. The van der Waals surface area contributed by atoms with Crippen LogP contribution in [-0.2, 0) is 26.2 Å². The molecule has 0 aromatic heterocycles. The Morgan fingerprint density at radius 1 is 1.03 bits per heavy atom. The number of likely N-dealkylation sites (N-methyl/N-ethyl adjacent to an activating group) is 1. The lowest BCUT2D eigenvalue weighted by Gasteiger charge is -2.29. The Kier molecular flexibility index (Phi) is 9.84. The first-order chi connectivity index (χ1) is 15.4. The Bertz CT molecular complexity index is 1090. The van der Waals surface area contributed by atoms with Crippen molar-refractivity contribution in [2.45, 2.75) is 32.4 Å². The van der Waals surface area contributed by atoms with Crippen LogP contribution in [0.2, 0.25) is 15.1 Å². The van der Waals surface area contributed by atoms with Gasteiger partial charge in [-0.05, 0) is 55.3 Å². The molecule has 2 amide bonds. The Labute approximate surface area is 209 Å². The van der Waals surface area contributed by atoms with E-state index in [0.29, 0.717) is 26.3 Å². The number of hydrogen-bond acceptors (Lipinski definition) is 4. The summed E-state index contributed by atoms with van der Waals surface area (Å²) in [6, 6.07) is 10.7. The van der Waals surface area contributed by atoms with E-state index in [1.165, 1.54) is 16.3 Å². The van der Waals surface area contributed by atoms with Gasteiger partial charge in [0.05, 0.1) is 22.0 Å². The zero-order valence-corrected chi connectivity index (χ0v) is 21.6. The predicted molar refractivity (Wildman–Crippen MR) is 133 cm³/mol. The highest BCUT2D eigenvalue weighted by molar-refractivity contribution is 7.92. The molecule has 1 atom stereocenters. The summed E-state index contributed by atoms with van der Waals surface area (Å²) in [5.74, 6) is -0.607. The molecule has 2 aromatic rings. The topological polar surface area (TPSA) is 86.8 Å². The van der Waals surface area contributed by atoms with Crippen molar-refractivity contribution in [3.8, 4) is 0 Å². The van der Waals surface area contributed by atoms with Crippen LogP contribution >= 0.6 is 34.8 Å². The minimum atomic E-state index is -3.57. The van der Waals surface area contributed by atoms with Gasteiger partial charge >= 0.3 is 0 Å². The maximum absolute atomic E-state index is 13.1. The first-order valence-corrected chi connectivity index (χ1v) is 13.1. The molecule has 180 valence electrons. The van der Waals surface area contributed by atoms with Gasteiger partial charge < -0.3 is 10.2 Å². The van der Waals surface area contributed by atoms with Crippen molar-refractivity contribution in [3.05, 3.63) is 63.1 Å². The molecule has 1 N–H and O–H groups in total. The predicted octanol–water partition coefficient (Wildman–Crippen LogP) is 4.36. The molecule has 0 aliphatic carbocycles. The molecule has 0 saturated heterocycles. The second-order valence-electron chi connectivity index (χ2n) is 7.48. The molecule has 0 aliphatic heterocycles. The monoisotopic (exact) mass is 533 g/mol. The smallest absolute Gasteiger partial charge is 0.242 e.